The first-order valence-corrected chi connectivity index (χ1v) is 6.28. The molecule has 19 heavy (non-hydrogen) atoms. The Labute approximate surface area is 117 Å². The average Bonchev–Trinajstić information content (AvgIpc) is 2.32. The summed E-state index contributed by atoms with van der Waals surface area (Å²) < 4.78 is 0. The van der Waals surface area contributed by atoms with Gasteiger partial charge in [-0.2, -0.15) is 0 Å². The number of aryl methyl sites for hydroxylation is 2. The first kappa shape index (κ1) is 13.4. The van der Waals surface area contributed by atoms with Crippen LogP contribution in [0, 0.1) is 13.8 Å². The molecule has 0 fully saturated rings. The summed E-state index contributed by atoms with van der Waals surface area (Å²) in [5, 5.41) is 3.28. The molecule has 0 saturated carbocycles. The number of amides is 1. The van der Waals surface area contributed by atoms with Crippen molar-refractivity contribution < 1.29 is 4.79 Å². The summed E-state index contributed by atoms with van der Waals surface area (Å²) in [5.74, 6) is -0.225. The largest absolute Gasteiger partial charge is 0.399 e. The van der Waals surface area contributed by atoms with Gasteiger partial charge in [0.2, 0.25) is 0 Å². The number of nitrogens with two attached hydrogens (primary N) is 1. The molecule has 1 amide bonds. The van der Waals surface area contributed by atoms with Crippen molar-refractivity contribution in [3.63, 3.8) is 0 Å². The zero-order valence-electron chi connectivity index (χ0n) is 10.8. The molecule has 0 spiro atoms. The molecule has 0 aliphatic rings. The van der Waals surface area contributed by atoms with Crippen LogP contribution < -0.4 is 11.1 Å². The molecule has 4 heteroatoms. The first-order valence-electron chi connectivity index (χ1n) is 5.90. The summed E-state index contributed by atoms with van der Waals surface area (Å²) in [5.41, 5.74) is 9.66. The average molecular weight is 275 g/mol. The Morgan fingerprint density at radius 1 is 1.11 bits per heavy atom. The molecule has 3 N–H and O–H groups in total. The van der Waals surface area contributed by atoms with Crippen molar-refractivity contribution in [2.24, 2.45) is 0 Å². The maximum absolute atomic E-state index is 12.1. The second-order valence-corrected chi connectivity index (χ2v) is 4.96. The summed E-state index contributed by atoms with van der Waals surface area (Å²) >= 11 is 5.88. The van der Waals surface area contributed by atoms with Gasteiger partial charge in [-0.15, -0.1) is 0 Å². The molecule has 0 aromatic heterocycles. The second kappa shape index (κ2) is 5.33. The van der Waals surface area contributed by atoms with Crippen LogP contribution in [0.5, 0.6) is 0 Å². The normalized spacial score (nSPS) is 10.3. The van der Waals surface area contributed by atoms with Crippen molar-refractivity contribution in [3.05, 3.63) is 58.1 Å². The third-order valence-electron chi connectivity index (χ3n) is 2.95. The van der Waals surface area contributed by atoms with Crippen LogP contribution >= 0.6 is 11.6 Å². The number of carbonyl (C=O) groups is 1. The first-order chi connectivity index (χ1) is 8.95. The second-order valence-electron chi connectivity index (χ2n) is 4.53. The number of hydrogen-bond donors (Lipinski definition) is 2. The van der Waals surface area contributed by atoms with Crippen molar-refractivity contribution in [3.8, 4) is 0 Å². The van der Waals surface area contributed by atoms with Crippen LogP contribution in [0.4, 0.5) is 11.4 Å². The van der Waals surface area contributed by atoms with E-state index in [9.17, 15) is 4.79 Å². The Bertz CT molecular complexity index is 618. The predicted octanol–water partition coefficient (Wildman–Crippen LogP) is 3.79. The van der Waals surface area contributed by atoms with Gasteiger partial charge in [-0.05, 0) is 55.3 Å². The fraction of sp³-hybridized carbons (Fsp3) is 0.133. The monoisotopic (exact) mass is 274 g/mol. The van der Waals surface area contributed by atoms with Crippen molar-refractivity contribution in [1.29, 1.82) is 0 Å². The summed E-state index contributed by atoms with van der Waals surface area (Å²) in [6, 6.07) is 10.6. The van der Waals surface area contributed by atoms with Crippen LogP contribution in [0.2, 0.25) is 5.02 Å². The van der Waals surface area contributed by atoms with Gasteiger partial charge in [-0.25, -0.2) is 0 Å². The third-order valence-corrected chi connectivity index (χ3v) is 3.17. The minimum atomic E-state index is -0.225. The molecular weight excluding hydrogens is 260 g/mol. The molecule has 2 aromatic rings. The molecule has 0 unspecified atom stereocenters. The van der Waals surface area contributed by atoms with Crippen LogP contribution in [0.25, 0.3) is 0 Å². The van der Waals surface area contributed by atoms with Crippen molar-refractivity contribution in [2.45, 2.75) is 13.8 Å². The highest BCUT2D eigenvalue weighted by molar-refractivity contribution is 6.31. The Morgan fingerprint density at radius 2 is 1.84 bits per heavy atom. The highest BCUT2D eigenvalue weighted by atomic mass is 35.5. The van der Waals surface area contributed by atoms with E-state index in [0.717, 1.165) is 11.3 Å². The fourth-order valence-corrected chi connectivity index (χ4v) is 2.01. The number of carbonyl (C=O) groups excluding carboxylic acids is 1. The van der Waals surface area contributed by atoms with Crippen molar-refractivity contribution in [2.75, 3.05) is 11.1 Å². The highest BCUT2D eigenvalue weighted by Gasteiger charge is 2.08. The van der Waals surface area contributed by atoms with E-state index in [1.165, 1.54) is 5.56 Å². The summed E-state index contributed by atoms with van der Waals surface area (Å²) in [6.45, 7) is 4.03. The molecule has 0 bridgehead atoms. The Kier molecular flexibility index (Phi) is 3.76. The Morgan fingerprint density at radius 3 is 2.47 bits per heavy atom. The van der Waals surface area contributed by atoms with E-state index < -0.39 is 0 Å². The molecule has 0 aliphatic carbocycles. The molecule has 2 aromatic carbocycles. The molecule has 0 saturated heterocycles. The molecule has 3 nitrogen and oxygen atoms in total. The standard InChI is InChI=1S/C15H15ClN2O/c1-9-3-4-14(5-10(9)2)18-15(19)11-6-12(16)8-13(17)7-11/h3-8H,17H2,1-2H3,(H,18,19). The Hall–Kier alpha value is -2.00. The van der Waals surface area contributed by atoms with Gasteiger partial charge in [0.25, 0.3) is 5.91 Å². The number of halogens is 1. The number of rotatable bonds is 2. The van der Waals surface area contributed by atoms with E-state index in [-0.39, 0.29) is 5.91 Å². The van der Waals surface area contributed by atoms with Crippen LogP contribution in [-0.2, 0) is 0 Å². The predicted molar refractivity (Wildman–Crippen MR) is 79.7 cm³/mol. The maximum Gasteiger partial charge on any atom is 0.255 e. The molecule has 2 rings (SSSR count). The molecular formula is C15H15ClN2O. The molecule has 0 heterocycles. The molecule has 0 aliphatic heterocycles. The van der Waals surface area contributed by atoms with Crippen molar-refractivity contribution in [1.82, 2.24) is 0 Å². The maximum atomic E-state index is 12.1. The topological polar surface area (TPSA) is 55.1 Å². The van der Waals surface area contributed by atoms with Gasteiger partial charge in [0.1, 0.15) is 0 Å². The third kappa shape index (κ3) is 3.26. The van der Waals surface area contributed by atoms with E-state index in [1.54, 1.807) is 18.2 Å². The lowest BCUT2D eigenvalue weighted by Crippen LogP contribution is -2.12. The number of benzene rings is 2. The van der Waals surface area contributed by atoms with Crippen LogP contribution in [0.3, 0.4) is 0 Å². The zero-order valence-corrected chi connectivity index (χ0v) is 11.6. The molecule has 98 valence electrons. The van der Waals surface area contributed by atoms with Gasteiger partial charge in [0, 0.05) is 22.0 Å². The van der Waals surface area contributed by atoms with E-state index in [1.807, 2.05) is 32.0 Å². The smallest absolute Gasteiger partial charge is 0.255 e. The molecule has 0 radical (unpaired) electrons. The highest BCUT2D eigenvalue weighted by Crippen LogP contribution is 2.19. The van der Waals surface area contributed by atoms with Crippen molar-refractivity contribution >= 4 is 28.9 Å². The van der Waals surface area contributed by atoms with Crippen LogP contribution in [0.15, 0.2) is 36.4 Å². The van der Waals surface area contributed by atoms with Gasteiger partial charge in [0.15, 0.2) is 0 Å². The quantitative estimate of drug-likeness (QED) is 0.819. The number of nitrogen functional groups attached to an aromatic ring is 1. The van der Waals surface area contributed by atoms with Gasteiger partial charge in [0.05, 0.1) is 0 Å². The van der Waals surface area contributed by atoms with Gasteiger partial charge < -0.3 is 11.1 Å². The number of hydrogen-bond acceptors (Lipinski definition) is 2. The summed E-state index contributed by atoms with van der Waals surface area (Å²) in [7, 11) is 0. The van der Waals surface area contributed by atoms with Crippen LogP contribution in [-0.4, -0.2) is 5.91 Å². The minimum Gasteiger partial charge on any atom is -0.399 e. The lowest BCUT2D eigenvalue weighted by molar-refractivity contribution is 0.102. The van der Waals surface area contributed by atoms with Crippen LogP contribution in [0.1, 0.15) is 21.5 Å². The van der Waals surface area contributed by atoms with Gasteiger partial charge in [-0.1, -0.05) is 17.7 Å². The minimum absolute atomic E-state index is 0.225. The fourth-order valence-electron chi connectivity index (χ4n) is 1.77. The lowest BCUT2D eigenvalue weighted by atomic mass is 10.1. The zero-order chi connectivity index (χ0) is 14.0. The lowest BCUT2D eigenvalue weighted by Gasteiger charge is -2.08. The number of anilines is 2. The summed E-state index contributed by atoms with van der Waals surface area (Å²) in [4.78, 5) is 12.1. The van der Waals surface area contributed by atoms with E-state index in [4.69, 9.17) is 17.3 Å². The van der Waals surface area contributed by atoms with E-state index >= 15 is 0 Å². The van der Waals surface area contributed by atoms with E-state index in [0.29, 0.717) is 16.3 Å². The molecule has 0 atom stereocenters. The van der Waals surface area contributed by atoms with Gasteiger partial charge in [-0.3, -0.25) is 4.79 Å². The summed E-state index contributed by atoms with van der Waals surface area (Å²) in [6.07, 6.45) is 0. The Balaban J connectivity index is 2.22. The SMILES string of the molecule is Cc1ccc(NC(=O)c2cc(N)cc(Cl)c2)cc1C. The van der Waals surface area contributed by atoms with Gasteiger partial charge >= 0.3 is 0 Å². The number of nitrogens with one attached hydrogen (secondary N) is 1. The van der Waals surface area contributed by atoms with E-state index in [2.05, 4.69) is 5.32 Å².